The summed E-state index contributed by atoms with van der Waals surface area (Å²) in [6, 6.07) is 6.87. The number of phenols is 1. The predicted molar refractivity (Wildman–Crippen MR) is 90.3 cm³/mol. The Bertz CT molecular complexity index is 859. The molecule has 0 atom stereocenters. The van der Waals surface area contributed by atoms with Gasteiger partial charge in [0.05, 0.1) is 17.6 Å². The van der Waals surface area contributed by atoms with Crippen LogP contribution in [0.4, 0.5) is 0 Å². The molecule has 0 unspecified atom stereocenters. The monoisotopic (exact) mass is 328 g/mol. The van der Waals surface area contributed by atoms with E-state index < -0.39 is 0 Å². The molecule has 0 bridgehead atoms. The van der Waals surface area contributed by atoms with E-state index in [2.05, 4.69) is 14.6 Å². The van der Waals surface area contributed by atoms with Gasteiger partial charge in [0.2, 0.25) is 0 Å². The Labute approximate surface area is 137 Å². The van der Waals surface area contributed by atoms with Crippen molar-refractivity contribution >= 4 is 17.7 Å². The molecular weight excluding hydrogens is 312 g/mol. The molecule has 0 aliphatic carbocycles. The van der Waals surface area contributed by atoms with Gasteiger partial charge in [-0.05, 0) is 49.6 Å². The first kappa shape index (κ1) is 15.2. The molecule has 2 aromatic heterocycles. The molecule has 3 aromatic rings. The van der Waals surface area contributed by atoms with Crippen LogP contribution in [0.25, 0.3) is 22.4 Å². The van der Waals surface area contributed by atoms with E-state index in [9.17, 15) is 5.11 Å². The molecule has 1 aromatic carbocycles. The Morgan fingerprint density at radius 2 is 1.87 bits per heavy atom. The molecule has 0 spiro atoms. The maximum absolute atomic E-state index is 9.50. The molecule has 0 aliphatic rings. The average molecular weight is 328 g/mol. The Hall–Kier alpha value is -2.67. The summed E-state index contributed by atoms with van der Waals surface area (Å²) in [6.45, 7) is 3.96. The number of hydrogen-bond acceptors (Lipinski definition) is 6. The maximum Gasteiger partial charge on any atom is 0.115 e. The van der Waals surface area contributed by atoms with Crippen LogP contribution < -0.4 is 0 Å². The van der Waals surface area contributed by atoms with Crippen LogP contribution in [0, 0.1) is 13.8 Å². The molecular formula is C16H16N4O2S. The third kappa shape index (κ3) is 2.59. The number of aryl methyl sites for hydroxylation is 3. The minimum atomic E-state index is 0.202. The van der Waals surface area contributed by atoms with Crippen molar-refractivity contribution in [2.75, 3.05) is 0 Å². The third-order valence-electron chi connectivity index (χ3n) is 3.70. The van der Waals surface area contributed by atoms with Gasteiger partial charge in [0.15, 0.2) is 0 Å². The maximum atomic E-state index is 9.50. The highest BCUT2D eigenvalue weighted by Crippen LogP contribution is 2.38. The zero-order valence-electron chi connectivity index (χ0n) is 13.0. The summed E-state index contributed by atoms with van der Waals surface area (Å²) in [5.41, 5.74) is 5.11. The molecule has 0 fully saturated rings. The Morgan fingerprint density at radius 1 is 1.17 bits per heavy atom. The molecule has 2 N–H and O–H groups in total. The smallest absolute Gasteiger partial charge is 0.115 e. The standard InChI is InChI=1S/C16H16N4O2S/c1-9-14(10(2)23-19-9)15-13(8-17-22)20(3)18-16(15)11-4-6-12(21)7-5-11/h4-8,21-22H,1-3H3/b17-8+. The first-order valence-corrected chi connectivity index (χ1v) is 7.77. The quantitative estimate of drug-likeness (QED) is 0.439. The first-order chi connectivity index (χ1) is 11.0. The van der Waals surface area contributed by atoms with Crippen LogP contribution in [0.5, 0.6) is 5.75 Å². The van der Waals surface area contributed by atoms with Crippen LogP contribution in [0.1, 0.15) is 16.3 Å². The highest BCUT2D eigenvalue weighted by molar-refractivity contribution is 7.06. The van der Waals surface area contributed by atoms with Gasteiger partial charge < -0.3 is 10.3 Å². The number of benzene rings is 1. The molecule has 0 saturated heterocycles. The van der Waals surface area contributed by atoms with Gasteiger partial charge in [0.25, 0.3) is 0 Å². The lowest BCUT2D eigenvalue weighted by molar-refractivity contribution is 0.321. The summed E-state index contributed by atoms with van der Waals surface area (Å²) in [5.74, 6) is 0.202. The zero-order valence-corrected chi connectivity index (χ0v) is 13.8. The fourth-order valence-electron chi connectivity index (χ4n) is 2.65. The van der Waals surface area contributed by atoms with Crippen molar-refractivity contribution in [1.29, 1.82) is 0 Å². The lowest BCUT2D eigenvalue weighted by atomic mass is 9.98. The average Bonchev–Trinajstić information content (AvgIpc) is 3.01. The van der Waals surface area contributed by atoms with Crippen molar-refractivity contribution in [3.63, 3.8) is 0 Å². The fraction of sp³-hybridized carbons (Fsp3) is 0.188. The highest BCUT2D eigenvalue weighted by atomic mass is 32.1. The molecule has 0 saturated carbocycles. The van der Waals surface area contributed by atoms with E-state index in [4.69, 9.17) is 5.21 Å². The van der Waals surface area contributed by atoms with E-state index in [-0.39, 0.29) is 5.75 Å². The van der Waals surface area contributed by atoms with Gasteiger partial charge in [-0.3, -0.25) is 4.68 Å². The summed E-state index contributed by atoms with van der Waals surface area (Å²) in [4.78, 5) is 1.07. The van der Waals surface area contributed by atoms with Crippen molar-refractivity contribution in [2.45, 2.75) is 13.8 Å². The number of nitrogens with zero attached hydrogens (tertiary/aromatic N) is 4. The van der Waals surface area contributed by atoms with Crippen molar-refractivity contribution < 1.29 is 10.3 Å². The zero-order chi connectivity index (χ0) is 16.6. The third-order valence-corrected chi connectivity index (χ3v) is 4.54. The van der Waals surface area contributed by atoms with Gasteiger partial charge in [0.1, 0.15) is 11.4 Å². The fourth-order valence-corrected chi connectivity index (χ4v) is 3.35. The van der Waals surface area contributed by atoms with Crippen LogP contribution in [0.2, 0.25) is 0 Å². The van der Waals surface area contributed by atoms with Gasteiger partial charge in [0, 0.05) is 28.6 Å². The number of aromatic nitrogens is 3. The molecule has 0 aliphatic heterocycles. The van der Waals surface area contributed by atoms with E-state index >= 15 is 0 Å². The van der Waals surface area contributed by atoms with Gasteiger partial charge >= 0.3 is 0 Å². The normalized spacial score (nSPS) is 11.4. The van der Waals surface area contributed by atoms with E-state index in [0.717, 1.165) is 33.0 Å². The first-order valence-electron chi connectivity index (χ1n) is 7.00. The Kier molecular flexibility index (Phi) is 3.87. The topological polar surface area (TPSA) is 83.5 Å². The Morgan fingerprint density at radius 3 is 2.43 bits per heavy atom. The minimum Gasteiger partial charge on any atom is -0.508 e. The lowest BCUT2D eigenvalue weighted by Crippen LogP contribution is -1.98. The minimum absolute atomic E-state index is 0.202. The van der Waals surface area contributed by atoms with Crippen LogP contribution in [-0.4, -0.2) is 30.7 Å². The molecule has 23 heavy (non-hydrogen) atoms. The number of aromatic hydroxyl groups is 1. The summed E-state index contributed by atoms with van der Waals surface area (Å²) in [7, 11) is 1.80. The summed E-state index contributed by atoms with van der Waals surface area (Å²) < 4.78 is 6.08. The van der Waals surface area contributed by atoms with E-state index in [1.165, 1.54) is 17.7 Å². The number of phenolic OH excluding ortho intramolecular Hbond substituents is 1. The van der Waals surface area contributed by atoms with Crippen molar-refractivity contribution in [2.24, 2.45) is 12.2 Å². The predicted octanol–water partition coefficient (Wildman–Crippen LogP) is 3.34. The van der Waals surface area contributed by atoms with Crippen LogP contribution in [0.3, 0.4) is 0 Å². The number of hydrogen-bond donors (Lipinski definition) is 2. The number of rotatable bonds is 3. The van der Waals surface area contributed by atoms with E-state index in [1.54, 1.807) is 23.9 Å². The summed E-state index contributed by atoms with van der Waals surface area (Å²) in [5, 5.41) is 26.3. The van der Waals surface area contributed by atoms with Crippen LogP contribution in [-0.2, 0) is 7.05 Å². The van der Waals surface area contributed by atoms with Crippen LogP contribution >= 0.6 is 11.5 Å². The van der Waals surface area contributed by atoms with Gasteiger partial charge in [-0.2, -0.15) is 9.47 Å². The second-order valence-electron chi connectivity index (χ2n) is 5.22. The molecule has 118 valence electrons. The summed E-state index contributed by atoms with van der Waals surface area (Å²) in [6.07, 6.45) is 1.38. The van der Waals surface area contributed by atoms with Gasteiger partial charge in [-0.25, -0.2) is 0 Å². The van der Waals surface area contributed by atoms with Crippen LogP contribution in [0.15, 0.2) is 29.4 Å². The SMILES string of the molecule is Cc1nsc(C)c1-c1c(-c2ccc(O)cc2)nn(C)c1/C=N/O. The number of oxime groups is 1. The lowest BCUT2D eigenvalue weighted by Gasteiger charge is -2.05. The molecule has 7 heteroatoms. The van der Waals surface area contributed by atoms with Crippen molar-refractivity contribution in [3.05, 3.63) is 40.5 Å². The highest BCUT2D eigenvalue weighted by Gasteiger charge is 2.23. The molecule has 6 nitrogen and oxygen atoms in total. The molecule has 2 heterocycles. The molecule has 0 amide bonds. The van der Waals surface area contributed by atoms with Gasteiger partial charge in [-0.1, -0.05) is 5.16 Å². The van der Waals surface area contributed by atoms with Crippen molar-refractivity contribution in [1.82, 2.24) is 14.2 Å². The van der Waals surface area contributed by atoms with E-state index in [1.807, 2.05) is 26.0 Å². The second kappa shape index (κ2) is 5.85. The molecule has 3 rings (SSSR count). The largest absolute Gasteiger partial charge is 0.508 e. The van der Waals surface area contributed by atoms with Gasteiger partial charge in [-0.15, -0.1) is 0 Å². The van der Waals surface area contributed by atoms with E-state index in [0.29, 0.717) is 5.69 Å². The Balaban J connectivity index is 2.33. The molecule has 0 radical (unpaired) electrons. The van der Waals surface area contributed by atoms with Crippen molar-refractivity contribution in [3.8, 4) is 28.1 Å². The summed E-state index contributed by atoms with van der Waals surface area (Å²) >= 11 is 1.43. The second-order valence-corrected chi connectivity index (χ2v) is 6.20.